The van der Waals surface area contributed by atoms with Crippen molar-refractivity contribution in [3.8, 4) is 0 Å². The predicted octanol–water partition coefficient (Wildman–Crippen LogP) is 3.58. The van der Waals surface area contributed by atoms with E-state index in [1.54, 1.807) is 0 Å². The van der Waals surface area contributed by atoms with E-state index in [0.717, 1.165) is 38.1 Å². The molecular formula is C19H20FN3O3. The summed E-state index contributed by atoms with van der Waals surface area (Å²) in [7, 11) is 0. The highest BCUT2D eigenvalue weighted by Gasteiger charge is 2.26. The van der Waals surface area contributed by atoms with Gasteiger partial charge in [0, 0.05) is 24.8 Å². The van der Waals surface area contributed by atoms with E-state index in [4.69, 9.17) is 0 Å². The third kappa shape index (κ3) is 4.43. The van der Waals surface area contributed by atoms with Gasteiger partial charge in [-0.2, -0.15) is 4.39 Å². The Labute approximate surface area is 150 Å². The van der Waals surface area contributed by atoms with Crippen molar-refractivity contribution in [3.05, 3.63) is 70.0 Å². The largest absolute Gasteiger partial charge is 0.326 e. The van der Waals surface area contributed by atoms with Gasteiger partial charge in [0.25, 0.3) is 0 Å². The number of nitro groups is 1. The van der Waals surface area contributed by atoms with Gasteiger partial charge in [0.05, 0.1) is 10.8 Å². The van der Waals surface area contributed by atoms with Gasteiger partial charge in [-0.25, -0.2) is 0 Å². The number of anilines is 1. The molecule has 1 aliphatic heterocycles. The van der Waals surface area contributed by atoms with Gasteiger partial charge in [0.15, 0.2) is 0 Å². The average molecular weight is 357 g/mol. The van der Waals surface area contributed by atoms with Crippen LogP contribution < -0.4 is 5.32 Å². The lowest BCUT2D eigenvalue weighted by Crippen LogP contribution is -2.40. The lowest BCUT2D eigenvalue weighted by atomic mass is 9.96. The first-order valence-electron chi connectivity index (χ1n) is 8.54. The van der Waals surface area contributed by atoms with Crippen molar-refractivity contribution in [2.75, 3.05) is 18.4 Å². The highest BCUT2D eigenvalue weighted by Crippen LogP contribution is 2.24. The van der Waals surface area contributed by atoms with E-state index in [2.05, 4.69) is 22.3 Å². The lowest BCUT2D eigenvalue weighted by Gasteiger charge is -2.32. The van der Waals surface area contributed by atoms with Crippen molar-refractivity contribution in [2.24, 2.45) is 5.92 Å². The van der Waals surface area contributed by atoms with E-state index >= 15 is 0 Å². The monoisotopic (exact) mass is 357 g/mol. The number of carbonyl (C=O) groups is 1. The van der Waals surface area contributed by atoms with Gasteiger partial charge < -0.3 is 5.32 Å². The van der Waals surface area contributed by atoms with E-state index in [-0.39, 0.29) is 17.5 Å². The molecule has 2 aromatic carbocycles. The smallest absolute Gasteiger partial charge is 0.306 e. The molecule has 0 bridgehead atoms. The van der Waals surface area contributed by atoms with Crippen LogP contribution in [0.5, 0.6) is 0 Å². The normalized spacial score (nSPS) is 17.7. The summed E-state index contributed by atoms with van der Waals surface area (Å²) in [6, 6.07) is 13.5. The minimum absolute atomic E-state index is 0.191. The van der Waals surface area contributed by atoms with Gasteiger partial charge in [0.1, 0.15) is 0 Å². The van der Waals surface area contributed by atoms with Crippen LogP contribution in [-0.4, -0.2) is 28.8 Å². The maximum atomic E-state index is 13.4. The molecule has 2 aromatic rings. The van der Waals surface area contributed by atoms with E-state index in [9.17, 15) is 19.3 Å². The third-order valence-electron chi connectivity index (χ3n) is 4.54. The third-order valence-corrected chi connectivity index (χ3v) is 4.54. The summed E-state index contributed by atoms with van der Waals surface area (Å²) in [6.07, 6.45) is 1.68. The number of likely N-dealkylation sites (tertiary alicyclic amines) is 1. The molecule has 1 heterocycles. The van der Waals surface area contributed by atoms with Gasteiger partial charge in [-0.3, -0.25) is 19.8 Å². The summed E-state index contributed by atoms with van der Waals surface area (Å²) in [5, 5.41) is 13.5. The molecule has 1 aliphatic rings. The second kappa shape index (κ2) is 8.05. The Balaban J connectivity index is 1.62. The van der Waals surface area contributed by atoms with Crippen molar-refractivity contribution in [1.82, 2.24) is 4.90 Å². The minimum Gasteiger partial charge on any atom is -0.326 e. The Morgan fingerprint density at radius 2 is 2.04 bits per heavy atom. The van der Waals surface area contributed by atoms with E-state index < -0.39 is 16.4 Å². The summed E-state index contributed by atoms with van der Waals surface area (Å²) < 4.78 is 13.4. The summed E-state index contributed by atoms with van der Waals surface area (Å²) in [5.74, 6) is -1.31. The number of benzene rings is 2. The SMILES string of the molecule is O=C(Nc1ccc(F)c([N+](=O)[O-])c1)C1CCCN(Cc2ccccc2)C1. The highest BCUT2D eigenvalue weighted by molar-refractivity contribution is 5.93. The first kappa shape index (κ1) is 18.0. The van der Waals surface area contributed by atoms with Gasteiger partial charge in [-0.05, 0) is 37.1 Å². The molecule has 6 nitrogen and oxygen atoms in total. The zero-order chi connectivity index (χ0) is 18.5. The maximum absolute atomic E-state index is 13.4. The fourth-order valence-electron chi connectivity index (χ4n) is 3.23. The summed E-state index contributed by atoms with van der Waals surface area (Å²) in [6.45, 7) is 2.34. The number of nitrogens with zero attached hydrogens (tertiary/aromatic N) is 2. The van der Waals surface area contributed by atoms with Crippen molar-refractivity contribution >= 4 is 17.3 Å². The van der Waals surface area contributed by atoms with Crippen LogP contribution in [-0.2, 0) is 11.3 Å². The van der Waals surface area contributed by atoms with E-state index in [1.807, 2.05) is 18.2 Å². The van der Waals surface area contributed by atoms with Crippen molar-refractivity contribution in [3.63, 3.8) is 0 Å². The molecule has 0 spiro atoms. The molecule has 1 fully saturated rings. The van der Waals surface area contributed by atoms with Gasteiger partial charge in [0.2, 0.25) is 11.7 Å². The van der Waals surface area contributed by atoms with E-state index in [0.29, 0.717) is 6.54 Å². The standard InChI is InChI=1S/C19H20FN3O3/c20-17-9-8-16(11-18(17)23(25)26)21-19(24)15-7-4-10-22(13-15)12-14-5-2-1-3-6-14/h1-3,5-6,8-9,11,15H,4,7,10,12-13H2,(H,21,24). The van der Waals surface area contributed by atoms with Crippen LogP contribution in [0.3, 0.4) is 0 Å². The number of carbonyl (C=O) groups excluding carboxylic acids is 1. The number of nitrogens with one attached hydrogen (secondary N) is 1. The maximum Gasteiger partial charge on any atom is 0.306 e. The summed E-state index contributed by atoms with van der Waals surface area (Å²) in [4.78, 5) is 24.8. The first-order valence-corrected chi connectivity index (χ1v) is 8.54. The Kier molecular flexibility index (Phi) is 5.58. The average Bonchev–Trinajstić information content (AvgIpc) is 2.64. The predicted molar refractivity (Wildman–Crippen MR) is 96.1 cm³/mol. The van der Waals surface area contributed by atoms with Crippen LogP contribution in [0.15, 0.2) is 48.5 Å². The Hall–Kier alpha value is -2.80. The summed E-state index contributed by atoms with van der Waals surface area (Å²) in [5.41, 5.74) is 0.795. The van der Waals surface area contributed by atoms with Crippen LogP contribution in [0.2, 0.25) is 0 Å². The van der Waals surface area contributed by atoms with Crippen molar-refractivity contribution in [1.29, 1.82) is 0 Å². The molecule has 1 amide bonds. The topological polar surface area (TPSA) is 75.5 Å². The van der Waals surface area contributed by atoms with Crippen LogP contribution >= 0.6 is 0 Å². The fraction of sp³-hybridized carbons (Fsp3) is 0.316. The number of hydrogen-bond donors (Lipinski definition) is 1. The fourth-order valence-corrected chi connectivity index (χ4v) is 3.23. The highest BCUT2D eigenvalue weighted by atomic mass is 19.1. The molecule has 3 rings (SSSR count). The van der Waals surface area contributed by atoms with Crippen LogP contribution in [0, 0.1) is 21.8 Å². The Morgan fingerprint density at radius 3 is 2.77 bits per heavy atom. The molecule has 7 heteroatoms. The summed E-state index contributed by atoms with van der Waals surface area (Å²) >= 11 is 0. The number of halogens is 1. The van der Waals surface area contributed by atoms with Crippen molar-refractivity contribution < 1.29 is 14.1 Å². The first-order chi connectivity index (χ1) is 12.5. The Bertz CT molecular complexity index is 798. The van der Waals surface area contributed by atoms with Crippen molar-refractivity contribution in [2.45, 2.75) is 19.4 Å². The Morgan fingerprint density at radius 1 is 1.27 bits per heavy atom. The molecule has 0 aliphatic carbocycles. The number of hydrogen-bond acceptors (Lipinski definition) is 4. The molecule has 1 unspecified atom stereocenters. The lowest BCUT2D eigenvalue weighted by molar-refractivity contribution is -0.387. The molecule has 0 aromatic heterocycles. The van der Waals surface area contributed by atoms with E-state index in [1.165, 1.54) is 11.6 Å². The van der Waals surface area contributed by atoms with Gasteiger partial charge >= 0.3 is 5.69 Å². The number of amides is 1. The minimum atomic E-state index is -0.917. The van der Waals surface area contributed by atoms with Gasteiger partial charge in [-0.15, -0.1) is 0 Å². The molecule has 1 N–H and O–H groups in total. The number of rotatable bonds is 5. The van der Waals surface area contributed by atoms with Crippen LogP contribution in [0.25, 0.3) is 0 Å². The quantitative estimate of drug-likeness (QED) is 0.655. The van der Waals surface area contributed by atoms with Crippen LogP contribution in [0.1, 0.15) is 18.4 Å². The molecule has 1 atom stereocenters. The zero-order valence-electron chi connectivity index (χ0n) is 14.2. The molecule has 1 saturated heterocycles. The zero-order valence-corrected chi connectivity index (χ0v) is 14.2. The molecule has 26 heavy (non-hydrogen) atoms. The van der Waals surface area contributed by atoms with Crippen LogP contribution in [0.4, 0.5) is 15.8 Å². The molecule has 0 saturated carbocycles. The van der Waals surface area contributed by atoms with Gasteiger partial charge in [-0.1, -0.05) is 30.3 Å². The molecule has 136 valence electrons. The number of piperidine rings is 1. The second-order valence-electron chi connectivity index (χ2n) is 6.47. The molecular weight excluding hydrogens is 337 g/mol. The molecule has 0 radical (unpaired) electrons. The number of nitro benzene ring substituents is 1. The second-order valence-corrected chi connectivity index (χ2v) is 6.47.